The zero-order valence-corrected chi connectivity index (χ0v) is 64.6. The molecule has 2 atom stereocenters. The highest BCUT2D eigenvalue weighted by atomic mass is 31.2. The standard InChI is InChI=1S/C88H154NO8P/c1-3-5-7-9-11-13-15-17-19-21-23-25-27-29-31-33-35-37-39-41-42-43-44-45-47-49-51-53-55-57-59-61-63-65-67-69-71-73-75-77-79-81-88(91)97-86(85-96-98(92,93)95-83-82-89)84-94-87(90)80-78-76-74-72-70-68-66-64-62-60-58-56-54-52-50-48-46-40-38-36-34-32-30-28-26-24-22-20-18-16-14-12-10-8-6-4-2/h5,7,11,13,17,19,23,25,29,31,35,37,41-42,44-45,49,51,55,57,61,63,86H,3-4,6,8-10,12,14-16,18,20-22,24,26-28,30,32-34,36,38-40,43,46-48,50,52-54,56,58-60,62,64-85,89H2,1-2H3,(H,92,93)/b7-5-,13-11-,19-17-,25-23-,31-29-,37-35-,42-41-,45-44-,51-49-,57-55-,63-61-. The first-order valence-electron chi connectivity index (χ1n) is 41.2. The number of hydrogen-bond acceptors (Lipinski definition) is 8. The first kappa shape index (κ1) is 94.2. The van der Waals surface area contributed by atoms with Gasteiger partial charge in [-0.25, -0.2) is 4.57 Å². The van der Waals surface area contributed by atoms with E-state index < -0.39 is 26.5 Å². The van der Waals surface area contributed by atoms with Gasteiger partial charge in [0, 0.05) is 19.4 Å². The number of ether oxygens (including phenoxy) is 2. The Morgan fingerprint density at radius 1 is 0.316 bits per heavy atom. The Bertz CT molecular complexity index is 2080. The molecular weight excluding hydrogens is 1230 g/mol. The topological polar surface area (TPSA) is 134 Å². The van der Waals surface area contributed by atoms with Crippen molar-refractivity contribution >= 4 is 19.8 Å². The minimum absolute atomic E-state index is 0.0471. The molecule has 0 fully saturated rings. The molecule has 2 unspecified atom stereocenters. The Labute approximate surface area is 605 Å². The maximum atomic E-state index is 12.8. The van der Waals surface area contributed by atoms with Crippen molar-refractivity contribution in [3.8, 4) is 0 Å². The summed E-state index contributed by atoms with van der Waals surface area (Å²) in [4.78, 5) is 35.5. The van der Waals surface area contributed by atoms with Gasteiger partial charge in [0.2, 0.25) is 0 Å². The minimum Gasteiger partial charge on any atom is -0.462 e. The number of carbonyl (C=O) groups is 2. The fourth-order valence-electron chi connectivity index (χ4n) is 11.8. The van der Waals surface area contributed by atoms with E-state index >= 15 is 0 Å². The summed E-state index contributed by atoms with van der Waals surface area (Å²) in [6.07, 6.45) is 117. The number of rotatable bonds is 77. The van der Waals surface area contributed by atoms with Crippen LogP contribution in [-0.2, 0) is 32.7 Å². The summed E-state index contributed by atoms with van der Waals surface area (Å²) >= 11 is 0. The Balaban J connectivity index is 3.87. The van der Waals surface area contributed by atoms with Crippen molar-refractivity contribution in [3.05, 3.63) is 134 Å². The predicted molar refractivity (Wildman–Crippen MR) is 427 cm³/mol. The largest absolute Gasteiger partial charge is 0.472 e. The molecule has 0 radical (unpaired) electrons. The van der Waals surface area contributed by atoms with E-state index in [0.717, 1.165) is 116 Å². The first-order chi connectivity index (χ1) is 48.3. The molecule has 0 aromatic carbocycles. The fourth-order valence-corrected chi connectivity index (χ4v) is 12.5. The number of carbonyl (C=O) groups excluding carboxylic acids is 2. The number of phosphoric acid groups is 1. The lowest BCUT2D eigenvalue weighted by atomic mass is 10.0. The number of nitrogens with two attached hydrogens (primary N) is 1. The van der Waals surface area contributed by atoms with Gasteiger partial charge in [0.15, 0.2) is 6.10 Å². The number of allylic oxidation sites excluding steroid dienone is 22. The maximum absolute atomic E-state index is 12.8. The summed E-state index contributed by atoms with van der Waals surface area (Å²) in [5, 5.41) is 0. The van der Waals surface area contributed by atoms with E-state index in [1.165, 1.54) is 231 Å². The van der Waals surface area contributed by atoms with Gasteiger partial charge in [-0.1, -0.05) is 404 Å². The first-order valence-corrected chi connectivity index (χ1v) is 42.7. The fraction of sp³-hybridized carbons (Fsp3) is 0.727. The molecule has 564 valence electrons. The van der Waals surface area contributed by atoms with E-state index in [-0.39, 0.29) is 38.6 Å². The molecule has 0 bridgehead atoms. The van der Waals surface area contributed by atoms with Crippen molar-refractivity contribution in [1.29, 1.82) is 0 Å². The molecule has 98 heavy (non-hydrogen) atoms. The quantitative estimate of drug-likeness (QED) is 0.0264. The molecule has 0 aliphatic heterocycles. The summed E-state index contributed by atoms with van der Waals surface area (Å²) in [6, 6.07) is 0. The number of esters is 2. The molecule has 0 aromatic rings. The van der Waals surface area contributed by atoms with Crippen LogP contribution in [0.25, 0.3) is 0 Å². The second kappa shape index (κ2) is 82.1. The van der Waals surface area contributed by atoms with Crippen molar-refractivity contribution < 1.29 is 37.6 Å². The van der Waals surface area contributed by atoms with Crippen LogP contribution < -0.4 is 5.73 Å². The number of phosphoric ester groups is 1. The summed E-state index contributed by atoms with van der Waals surface area (Å²) in [7, 11) is -4.41. The molecule has 0 saturated carbocycles. The molecular formula is C88H154NO8P. The Morgan fingerprint density at radius 2 is 0.561 bits per heavy atom. The lowest BCUT2D eigenvalue weighted by molar-refractivity contribution is -0.161. The van der Waals surface area contributed by atoms with Crippen LogP contribution >= 0.6 is 7.82 Å². The molecule has 0 amide bonds. The van der Waals surface area contributed by atoms with E-state index in [0.29, 0.717) is 6.42 Å². The Morgan fingerprint density at radius 3 is 0.837 bits per heavy atom. The molecule has 0 aromatic heterocycles. The SMILES string of the molecule is CC/C=C\C/C=C\C/C=C\C/C=C\C/C=C\C/C=C\C/C=C\C/C=C\C/C=C\C/C=C\C/C=C\CCCCCCCCCC(=O)OC(COC(=O)CCCCCCCCCCCCCCCCCCCCCCCCCCCCCCCCCCCCCC)COP(=O)(O)OCCN. The van der Waals surface area contributed by atoms with E-state index in [2.05, 4.69) is 148 Å². The van der Waals surface area contributed by atoms with Crippen LogP contribution in [0.5, 0.6) is 0 Å². The zero-order chi connectivity index (χ0) is 70.8. The van der Waals surface area contributed by atoms with Gasteiger partial charge in [0.1, 0.15) is 6.61 Å². The molecule has 0 saturated heterocycles. The van der Waals surface area contributed by atoms with Crippen LogP contribution in [0.4, 0.5) is 0 Å². The van der Waals surface area contributed by atoms with Gasteiger partial charge >= 0.3 is 19.8 Å². The van der Waals surface area contributed by atoms with E-state index in [1.54, 1.807) is 0 Å². The maximum Gasteiger partial charge on any atom is 0.472 e. The van der Waals surface area contributed by atoms with Gasteiger partial charge < -0.3 is 20.1 Å². The lowest BCUT2D eigenvalue weighted by Gasteiger charge is -2.19. The van der Waals surface area contributed by atoms with Crippen molar-refractivity contribution in [3.63, 3.8) is 0 Å². The highest BCUT2D eigenvalue weighted by Gasteiger charge is 2.26. The molecule has 10 heteroatoms. The second-order valence-electron chi connectivity index (χ2n) is 27.3. The zero-order valence-electron chi connectivity index (χ0n) is 63.7. The Hall–Kier alpha value is -3.85. The average Bonchev–Trinajstić information content (AvgIpc) is 1.36. The molecule has 0 rings (SSSR count). The number of hydrogen-bond donors (Lipinski definition) is 2. The molecule has 9 nitrogen and oxygen atoms in total. The highest BCUT2D eigenvalue weighted by molar-refractivity contribution is 7.47. The van der Waals surface area contributed by atoms with Gasteiger partial charge in [-0.3, -0.25) is 18.6 Å². The monoisotopic (exact) mass is 1380 g/mol. The molecule has 0 aliphatic rings. The van der Waals surface area contributed by atoms with Crippen molar-refractivity contribution in [1.82, 2.24) is 0 Å². The highest BCUT2D eigenvalue weighted by Crippen LogP contribution is 2.43. The van der Waals surface area contributed by atoms with Crippen LogP contribution in [0.1, 0.15) is 380 Å². The third-order valence-electron chi connectivity index (χ3n) is 17.8. The summed E-state index contributed by atoms with van der Waals surface area (Å²) in [6.45, 7) is 3.66. The summed E-state index contributed by atoms with van der Waals surface area (Å²) < 4.78 is 33.3. The van der Waals surface area contributed by atoms with Crippen LogP contribution in [0.15, 0.2) is 134 Å². The van der Waals surface area contributed by atoms with Gasteiger partial charge in [-0.05, 0) is 96.3 Å². The van der Waals surface area contributed by atoms with Crippen LogP contribution in [0.2, 0.25) is 0 Å². The molecule has 0 aliphatic carbocycles. The van der Waals surface area contributed by atoms with Gasteiger partial charge in [-0.2, -0.15) is 0 Å². The van der Waals surface area contributed by atoms with Crippen LogP contribution in [0, 0.1) is 0 Å². The average molecular weight is 1390 g/mol. The van der Waals surface area contributed by atoms with Gasteiger partial charge in [0.05, 0.1) is 13.2 Å². The van der Waals surface area contributed by atoms with Crippen molar-refractivity contribution in [2.45, 2.75) is 386 Å². The van der Waals surface area contributed by atoms with Crippen molar-refractivity contribution in [2.75, 3.05) is 26.4 Å². The van der Waals surface area contributed by atoms with Gasteiger partial charge in [0.25, 0.3) is 0 Å². The minimum atomic E-state index is -4.41. The van der Waals surface area contributed by atoms with Crippen LogP contribution in [0.3, 0.4) is 0 Å². The summed E-state index contributed by atoms with van der Waals surface area (Å²) in [5.74, 6) is -0.832. The number of unbranched alkanes of at least 4 members (excludes halogenated alkanes) is 42. The molecule has 0 heterocycles. The van der Waals surface area contributed by atoms with Crippen LogP contribution in [-0.4, -0.2) is 49.3 Å². The van der Waals surface area contributed by atoms with E-state index in [1.807, 2.05) is 0 Å². The van der Waals surface area contributed by atoms with Gasteiger partial charge in [-0.15, -0.1) is 0 Å². The lowest BCUT2D eigenvalue weighted by Crippen LogP contribution is -2.29. The molecule has 0 spiro atoms. The normalized spacial score (nSPS) is 13.6. The van der Waals surface area contributed by atoms with E-state index in [9.17, 15) is 19.0 Å². The summed E-state index contributed by atoms with van der Waals surface area (Å²) in [5.41, 5.74) is 5.41. The predicted octanol–water partition coefficient (Wildman–Crippen LogP) is 27.9. The second-order valence-corrected chi connectivity index (χ2v) is 28.7. The smallest absolute Gasteiger partial charge is 0.462 e. The third-order valence-corrected chi connectivity index (χ3v) is 18.8. The van der Waals surface area contributed by atoms with Crippen molar-refractivity contribution in [2.24, 2.45) is 5.73 Å². The van der Waals surface area contributed by atoms with E-state index in [4.69, 9.17) is 24.3 Å². The Kier molecular flexibility index (Phi) is 78.9. The molecule has 3 N–H and O–H groups in total. The third kappa shape index (κ3) is 81.1.